The number of furan rings is 1. The van der Waals surface area contributed by atoms with Crippen LogP contribution in [0.4, 0.5) is 0 Å². The summed E-state index contributed by atoms with van der Waals surface area (Å²) in [5, 5.41) is 20.7. The molecule has 0 aliphatic carbocycles. The van der Waals surface area contributed by atoms with E-state index in [1.165, 1.54) is 11.1 Å². The van der Waals surface area contributed by atoms with Crippen LogP contribution in [0.2, 0.25) is 0 Å². The first-order valence-corrected chi connectivity index (χ1v) is 17.0. The van der Waals surface area contributed by atoms with Gasteiger partial charge in [-0.25, -0.2) is 0 Å². The molecule has 0 saturated carbocycles. The van der Waals surface area contributed by atoms with Crippen molar-refractivity contribution >= 4 is 27.8 Å². The molecule has 5 nitrogen and oxygen atoms in total. The maximum Gasteiger partial charge on any atom is 0.136 e. The zero-order chi connectivity index (χ0) is 34.1. The summed E-state index contributed by atoms with van der Waals surface area (Å²) in [5.74, 6) is 0.768. The average Bonchev–Trinajstić information content (AvgIpc) is 3.60. The summed E-state index contributed by atoms with van der Waals surface area (Å²) in [7, 11) is 0. The first-order valence-electron chi connectivity index (χ1n) is 17.0. The molecule has 5 heteroatoms. The Kier molecular flexibility index (Phi) is 7.70. The SMILES string of the molecule is N#Cc1cccc(-c2cc(C3N=C(c4ccc(-c5ccccc5)cc4)NC(c4ccc(-c5ccccc5)cc4)[N-]3)cc3oc4ccccc4c23)c1. The first kappa shape index (κ1) is 30.3. The molecule has 1 N–H and O–H groups in total. The quantitative estimate of drug-likeness (QED) is 0.194. The minimum atomic E-state index is -0.524. The molecule has 2 atom stereocenters. The number of amidine groups is 1. The van der Waals surface area contributed by atoms with E-state index in [0.29, 0.717) is 5.56 Å². The fourth-order valence-electron chi connectivity index (χ4n) is 6.94. The third-order valence-electron chi connectivity index (χ3n) is 9.52. The van der Waals surface area contributed by atoms with Crippen LogP contribution in [-0.2, 0) is 0 Å². The second kappa shape index (κ2) is 12.9. The summed E-state index contributed by atoms with van der Waals surface area (Å²) in [6.45, 7) is 0. The van der Waals surface area contributed by atoms with Crippen molar-refractivity contribution in [3.8, 4) is 39.4 Å². The number of hydrogen-bond donors (Lipinski definition) is 1. The molecule has 0 radical (unpaired) electrons. The van der Waals surface area contributed by atoms with E-state index in [-0.39, 0.29) is 6.17 Å². The average molecular weight is 656 g/mol. The van der Waals surface area contributed by atoms with Crippen molar-refractivity contribution in [3.05, 3.63) is 197 Å². The smallest absolute Gasteiger partial charge is 0.136 e. The third kappa shape index (κ3) is 5.84. The van der Waals surface area contributed by atoms with E-state index in [1.54, 1.807) is 0 Å². The van der Waals surface area contributed by atoms with Gasteiger partial charge in [-0.3, -0.25) is 4.99 Å². The van der Waals surface area contributed by atoms with Crippen LogP contribution in [0.3, 0.4) is 0 Å². The van der Waals surface area contributed by atoms with Crippen molar-refractivity contribution in [1.29, 1.82) is 5.26 Å². The number of benzene rings is 7. The van der Waals surface area contributed by atoms with Gasteiger partial charge >= 0.3 is 0 Å². The summed E-state index contributed by atoms with van der Waals surface area (Å²) < 4.78 is 6.47. The maximum absolute atomic E-state index is 9.74. The van der Waals surface area contributed by atoms with Crippen LogP contribution < -0.4 is 5.32 Å². The monoisotopic (exact) mass is 655 g/mol. The lowest BCUT2D eigenvalue weighted by atomic mass is 9.95. The Morgan fingerprint density at radius 2 is 1.16 bits per heavy atom. The summed E-state index contributed by atoms with van der Waals surface area (Å²) in [5.41, 5.74) is 11.6. The van der Waals surface area contributed by atoms with Crippen LogP contribution in [0.5, 0.6) is 0 Å². The molecule has 2 heterocycles. The van der Waals surface area contributed by atoms with E-state index in [1.807, 2.05) is 54.6 Å². The van der Waals surface area contributed by atoms with Crippen molar-refractivity contribution in [3.63, 3.8) is 0 Å². The number of nitrogens with zero attached hydrogens (tertiary/aromatic N) is 3. The van der Waals surface area contributed by atoms with Crippen LogP contribution in [-0.4, -0.2) is 5.84 Å². The Morgan fingerprint density at radius 3 is 1.86 bits per heavy atom. The van der Waals surface area contributed by atoms with Gasteiger partial charge in [-0.05, 0) is 87.2 Å². The molecule has 51 heavy (non-hydrogen) atoms. The zero-order valence-electron chi connectivity index (χ0n) is 27.6. The summed E-state index contributed by atoms with van der Waals surface area (Å²) in [6, 6.07) is 60.2. The van der Waals surface area contributed by atoms with Gasteiger partial charge in [0.05, 0.1) is 11.6 Å². The Morgan fingerprint density at radius 1 is 0.549 bits per heavy atom. The highest BCUT2D eigenvalue weighted by molar-refractivity contribution is 6.12. The van der Waals surface area contributed by atoms with Crippen LogP contribution in [0.25, 0.3) is 60.6 Å². The Labute approximate surface area is 296 Å². The largest absolute Gasteiger partial charge is 0.613 e. The van der Waals surface area contributed by atoms with E-state index in [0.717, 1.165) is 66.7 Å². The second-order valence-corrected chi connectivity index (χ2v) is 12.7. The molecule has 1 aliphatic heterocycles. The number of fused-ring (bicyclic) bond motifs is 3. The topological polar surface area (TPSA) is 75.4 Å². The van der Waals surface area contributed by atoms with Gasteiger partial charge in [0, 0.05) is 16.3 Å². The second-order valence-electron chi connectivity index (χ2n) is 12.7. The number of hydrogen-bond acceptors (Lipinski definition) is 4. The molecule has 9 rings (SSSR count). The van der Waals surface area contributed by atoms with Crippen molar-refractivity contribution in [1.82, 2.24) is 5.32 Å². The molecule has 0 bridgehead atoms. The van der Waals surface area contributed by atoms with E-state index >= 15 is 0 Å². The lowest BCUT2D eigenvalue weighted by molar-refractivity contribution is 0.628. The van der Waals surface area contributed by atoms with E-state index in [2.05, 4.69) is 127 Å². The van der Waals surface area contributed by atoms with Gasteiger partial charge in [0.15, 0.2) is 0 Å². The molecular weight excluding hydrogens is 625 g/mol. The van der Waals surface area contributed by atoms with Crippen molar-refractivity contribution in [2.75, 3.05) is 0 Å². The molecule has 0 amide bonds. The number of nitriles is 1. The minimum Gasteiger partial charge on any atom is -0.613 e. The van der Waals surface area contributed by atoms with Crippen LogP contribution in [0.1, 0.15) is 34.6 Å². The molecule has 242 valence electrons. The molecule has 1 aromatic heterocycles. The Hall–Kier alpha value is -6.74. The lowest BCUT2D eigenvalue weighted by Gasteiger charge is -2.44. The Balaban J connectivity index is 1.17. The van der Waals surface area contributed by atoms with Gasteiger partial charge in [0.1, 0.15) is 17.0 Å². The van der Waals surface area contributed by atoms with Crippen molar-refractivity contribution in [2.45, 2.75) is 12.3 Å². The number of para-hydroxylation sites is 1. The highest BCUT2D eigenvalue weighted by Gasteiger charge is 2.21. The normalized spacial score (nSPS) is 15.6. The lowest BCUT2D eigenvalue weighted by Crippen LogP contribution is -2.34. The number of rotatable bonds is 6. The predicted molar refractivity (Wildman–Crippen MR) is 206 cm³/mol. The van der Waals surface area contributed by atoms with E-state index < -0.39 is 6.17 Å². The Bertz CT molecular complexity index is 2580. The summed E-state index contributed by atoms with van der Waals surface area (Å²) in [4.78, 5) is 5.24. The van der Waals surface area contributed by atoms with Crippen molar-refractivity contribution < 1.29 is 4.42 Å². The highest BCUT2D eigenvalue weighted by atomic mass is 16.3. The van der Waals surface area contributed by atoms with Crippen molar-refractivity contribution in [2.24, 2.45) is 4.99 Å². The van der Waals surface area contributed by atoms with E-state index in [4.69, 9.17) is 14.7 Å². The summed E-state index contributed by atoms with van der Waals surface area (Å²) >= 11 is 0. The molecule has 0 saturated heterocycles. The minimum absolute atomic E-state index is 0.349. The van der Waals surface area contributed by atoms with Gasteiger partial charge in [0.25, 0.3) is 0 Å². The molecule has 1 aliphatic rings. The van der Waals surface area contributed by atoms with Gasteiger partial charge in [-0.1, -0.05) is 140 Å². The van der Waals surface area contributed by atoms with Gasteiger partial charge < -0.3 is 15.1 Å². The van der Waals surface area contributed by atoms with Gasteiger partial charge in [0.2, 0.25) is 0 Å². The first-order chi connectivity index (χ1) is 25.2. The van der Waals surface area contributed by atoms with Gasteiger partial charge in [-0.15, -0.1) is 0 Å². The molecular formula is C46H31N4O-. The molecule has 0 fully saturated rings. The number of nitrogens with one attached hydrogen (secondary N) is 1. The van der Waals surface area contributed by atoms with Crippen LogP contribution >= 0.6 is 0 Å². The fourth-order valence-corrected chi connectivity index (χ4v) is 6.94. The molecule has 0 spiro atoms. The van der Waals surface area contributed by atoms with Crippen LogP contribution in [0, 0.1) is 11.3 Å². The predicted octanol–water partition coefficient (Wildman–Crippen LogP) is 11.6. The molecule has 8 aromatic rings. The van der Waals surface area contributed by atoms with E-state index in [9.17, 15) is 5.26 Å². The maximum atomic E-state index is 9.74. The zero-order valence-corrected chi connectivity index (χ0v) is 27.6. The third-order valence-corrected chi connectivity index (χ3v) is 9.52. The molecule has 2 unspecified atom stereocenters. The van der Waals surface area contributed by atoms with Gasteiger partial charge in [-0.2, -0.15) is 5.26 Å². The highest BCUT2D eigenvalue weighted by Crippen LogP contribution is 2.43. The number of aliphatic imine (C=N–C) groups is 1. The summed E-state index contributed by atoms with van der Waals surface area (Å²) in [6.07, 6.45) is -0.873. The van der Waals surface area contributed by atoms with Crippen LogP contribution in [0.15, 0.2) is 179 Å². The standard InChI is InChI=1S/C46H31N4O/c47-29-30-10-9-15-37(26-30)40-27-38(28-42-43(40)39-16-7-8-17-41(39)51-42)46-49-44(35-22-18-33(19-23-35)31-11-3-1-4-12-31)48-45(50-46)36-24-20-34(21-25-36)32-13-5-2-6-14-32/h1-28,44,46H,(H,48,50)/q-1. The fraction of sp³-hybridized carbons (Fsp3) is 0.0435. The molecule has 7 aromatic carbocycles.